The number of aryl methyl sites for hydroxylation is 1. The topological polar surface area (TPSA) is 80.5 Å². The second-order valence-corrected chi connectivity index (χ2v) is 5.21. The number of aromatic amines is 1. The number of rotatable bonds is 5. The summed E-state index contributed by atoms with van der Waals surface area (Å²) in [6.45, 7) is 1.76. The van der Waals surface area contributed by atoms with Crippen LogP contribution in [-0.4, -0.2) is 25.3 Å². The fourth-order valence-electron chi connectivity index (χ4n) is 1.67. The van der Waals surface area contributed by atoms with E-state index in [9.17, 15) is 0 Å². The Hall–Kier alpha value is -2.41. The zero-order chi connectivity index (χ0) is 14.5. The summed E-state index contributed by atoms with van der Waals surface area (Å²) in [5.74, 6) is 2.50. The van der Waals surface area contributed by atoms with Gasteiger partial charge in [0.15, 0.2) is 5.82 Å². The molecule has 0 atom stereocenters. The van der Waals surface area contributed by atoms with Crippen LogP contribution in [0.4, 0.5) is 0 Å². The van der Waals surface area contributed by atoms with E-state index in [0.717, 1.165) is 5.56 Å². The summed E-state index contributed by atoms with van der Waals surface area (Å²) in [6, 6.07) is 10.0. The van der Waals surface area contributed by atoms with Crippen molar-refractivity contribution in [3.8, 4) is 0 Å². The maximum Gasteiger partial charge on any atom is 0.223 e. The molecule has 0 aliphatic carbocycles. The predicted molar refractivity (Wildman–Crippen MR) is 80.3 cm³/mol. The van der Waals surface area contributed by atoms with Crippen LogP contribution in [0.25, 0.3) is 12.2 Å². The lowest BCUT2D eigenvalue weighted by atomic mass is 10.2. The molecule has 1 aromatic carbocycles. The molecule has 0 aliphatic heterocycles. The maximum atomic E-state index is 4.91. The number of benzene rings is 1. The number of aromatic nitrogens is 5. The Balaban J connectivity index is 1.60. The lowest BCUT2D eigenvalue weighted by Gasteiger charge is -1.90. The third-order valence-electron chi connectivity index (χ3n) is 2.62. The molecular formula is C14H13N5OS. The van der Waals surface area contributed by atoms with Crippen LogP contribution in [0.1, 0.15) is 23.1 Å². The van der Waals surface area contributed by atoms with Gasteiger partial charge in [-0.1, -0.05) is 53.3 Å². The fourth-order valence-corrected chi connectivity index (χ4v) is 2.31. The van der Waals surface area contributed by atoms with Gasteiger partial charge in [0.2, 0.25) is 11.0 Å². The van der Waals surface area contributed by atoms with E-state index in [4.69, 9.17) is 4.52 Å². The number of thioether (sulfide) groups is 1. The van der Waals surface area contributed by atoms with Crippen LogP contribution >= 0.6 is 11.8 Å². The van der Waals surface area contributed by atoms with Crippen LogP contribution < -0.4 is 0 Å². The number of H-pyrrole nitrogens is 1. The first-order chi connectivity index (χ1) is 10.3. The van der Waals surface area contributed by atoms with E-state index in [1.807, 2.05) is 42.5 Å². The fraction of sp³-hybridized carbons (Fsp3) is 0.143. The van der Waals surface area contributed by atoms with E-state index in [2.05, 4.69) is 25.3 Å². The second kappa shape index (κ2) is 6.36. The first-order valence-corrected chi connectivity index (χ1v) is 7.36. The zero-order valence-corrected chi connectivity index (χ0v) is 12.2. The number of hydrogen-bond donors (Lipinski definition) is 1. The van der Waals surface area contributed by atoms with Gasteiger partial charge in [0, 0.05) is 6.92 Å². The summed E-state index contributed by atoms with van der Waals surface area (Å²) >= 11 is 1.46. The molecule has 2 aromatic heterocycles. The Labute approximate surface area is 125 Å². The molecule has 0 bridgehead atoms. The summed E-state index contributed by atoms with van der Waals surface area (Å²) in [5.41, 5.74) is 1.12. The molecule has 21 heavy (non-hydrogen) atoms. The lowest BCUT2D eigenvalue weighted by molar-refractivity contribution is 0.389. The molecule has 7 heteroatoms. The molecule has 0 spiro atoms. The molecule has 0 amide bonds. The van der Waals surface area contributed by atoms with Crippen LogP contribution in [0.5, 0.6) is 0 Å². The van der Waals surface area contributed by atoms with Crippen molar-refractivity contribution in [1.82, 2.24) is 25.3 Å². The molecule has 1 N–H and O–H groups in total. The summed E-state index contributed by atoms with van der Waals surface area (Å²) in [7, 11) is 0. The summed E-state index contributed by atoms with van der Waals surface area (Å²) in [4.78, 5) is 8.50. The van der Waals surface area contributed by atoms with Crippen molar-refractivity contribution < 1.29 is 4.52 Å². The van der Waals surface area contributed by atoms with E-state index >= 15 is 0 Å². The first kappa shape index (κ1) is 13.6. The molecule has 106 valence electrons. The van der Waals surface area contributed by atoms with Gasteiger partial charge in [0.1, 0.15) is 5.82 Å². The van der Waals surface area contributed by atoms with Crippen molar-refractivity contribution in [3.63, 3.8) is 0 Å². The van der Waals surface area contributed by atoms with Crippen molar-refractivity contribution in [3.05, 3.63) is 53.4 Å². The van der Waals surface area contributed by atoms with Crippen LogP contribution in [0, 0.1) is 6.92 Å². The minimum absolute atomic E-state index is 0.562. The quantitative estimate of drug-likeness (QED) is 0.729. The molecule has 0 unspecified atom stereocenters. The number of hydrogen-bond acceptors (Lipinski definition) is 6. The van der Waals surface area contributed by atoms with Gasteiger partial charge in [-0.05, 0) is 11.6 Å². The van der Waals surface area contributed by atoms with Gasteiger partial charge in [-0.25, -0.2) is 4.98 Å². The monoisotopic (exact) mass is 299 g/mol. The van der Waals surface area contributed by atoms with E-state index in [1.54, 1.807) is 6.92 Å². The lowest BCUT2D eigenvalue weighted by Crippen LogP contribution is -1.84. The van der Waals surface area contributed by atoms with Gasteiger partial charge in [-0.3, -0.25) is 5.10 Å². The van der Waals surface area contributed by atoms with E-state index in [-0.39, 0.29) is 0 Å². The third-order valence-corrected chi connectivity index (χ3v) is 3.46. The molecule has 2 heterocycles. The van der Waals surface area contributed by atoms with Gasteiger partial charge in [0.25, 0.3) is 0 Å². The second-order valence-electron chi connectivity index (χ2n) is 4.27. The average molecular weight is 299 g/mol. The van der Waals surface area contributed by atoms with Gasteiger partial charge in [-0.2, -0.15) is 4.98 Å². The molecule has 0 radical (unpaired) electrons. The van der Waals surface area contributed by atoms with Gasteiger partial charge >= 0.3 is 0 Å². The van der Waals surface area contributed by atoms with E-state index in [0.29, 0.717) is 28.4 Å². The van der Waals surface area contributed by atoms with Crippen molar-refractivity contribution in [2.24, 2.45) is 0 Å². The van der Waals surface area contributed by atoms with Crippen LogP contribution in [0.15, 0.2) is 40.0 Å². The van der Waals surface area contributed by atoms with Crippen LogP contribution in [0.3, 0.4) is 0 Å². The molecule has 0 fully saturated rings. The first-order valence-electron chi connectivity index (χ1n) is 6.37. The zero-order valence-electron chi connectivity index (χ0n) is 11.4. The Morgan fingerprint density at radius 3 is 2.81 bits per heavy atom. The smallest absolute Gasteiger partial charge is 0.223 e. The third kappa shape index (κ3) is 3.79. The number of nitrogens with one attached hydrogen (secondary N) is 1. The summed E-state index contributed by atoms with van der Waals surface area (Å²) < 4.78 is 4.91. The standard InChI is InChI=1S/C14H13N5OS/c1-10-15-13(19-20-10)9-21-14-16-12(17-18-14)8-7-11-5-3-2-4-6-11/h2-8H,9H2,1H3,(H,16,17,18)/b8-7+. The van der Waals surface area contributed by atoms with Crippen LogP contribution in [0.2, 0.25) is 0 Å². The van der Waals surface area contributed by atoms with Crippen molar-refractivity contribution in [2.45, 2.75) is 17.8 Å². The highest BCUT2D eigenvalue weighted by Gasteiger charge is 2.06. The molecule has 6 nitrogen and oxygen atoms in total. The number of nitrogens with zero attached hydrogens (tertiary/aromatic N) is 4. The molecule has 0 saturated heterocycles. The molecule has 0 saturated carbocycles. The molecule has 3 rings (SSSR count). The van der Waals surface area contributed by atoms with Crippen molar-refractivity contribution in [1.29, 1.82) is 0 Å². The molecular weight excluding hydrogens is 286 g/mol. The average Bonchev–Trinajstić information content (AvgIpc) is 3.13. The SMILES string of the molecule is Cc1nc(CSc2n[nH]c(/C=C/c3ccccc3)n2)no1. The summed E-state index contributed by atoms with van der Waals surface area (Å²) in [6.07, 6.45) is 3.88. The Bertz CT molecular complexity index is 735. The van der Waals surface area contributed by atoms with Crippen molar-refractivity contribution in [2.75, 3.05) is 0 Å². The molecule has 0 aliphatic rings. The Kier molecular flexibility index (Phi) is 4.11. The predicted octanol–water partition coefficient (Wildman–Crippen LogP) is 2.96. The van der Waals surface area contributed by atoms with Gasteiger partial charge in [0.05, 0.1) is 5.75 Å². The van der Waals surface area contributed by atoms with Crippen LogP contribution in [-0.2, 0) is 5.75 Å². The molecule has 3 aromatic rings. The Morgan fingerprint density at radius 1 is 1.19 bits per heavy atom. The van der Waals surface area contributed by atoms with Gasteiger partial charge in [-0.15, -0.1) is 5.10 Å². The van der Waals surface area contributed by atoms with Crippen molar-refractivity contribution >= 4 is 23.9 Å². The van der Waals surface area contributed by atoms with E-state index in [1.165, 1.54) is 11.8 Å². The minimum Gasteiger partial charge on any atom is -0.340 e. The highest BCUT2D eigenvalue weighted by molar-refractivity contribution is 7.98. The summed E-state index contributed by atoms with van der Waals surface area (Å²) in [5, 5.41) is 11.5. The maximum absolute atomic E-state index is 4.91. The highest BCUT2D eigenvalue weighted by Crippen LogP contribution is 2.17. The normalized spacial score (nSPS) is 11.3. The van der Waals surface area contributed by atoms with Gasteiger partial charge < -0.3 is 4.52 Å². The Morgan fingerprint density at radius 2 is 2.05 bits per heavy atom. The minimum atomic E-state index is 0.562. The largest absolute Gasteiger partial charge is 0.340 e. The highest BCUT2D eigenvalue weighted by atomic mass is 32.2. The van der Waals surface area contributed by atoms with E-state index < -0.39 is 0 Å².